The number of likely N-dealkylation sites (N-methyl/N-ethyl adjacent to an activating group) is 1. The number of para-hydroxylation sites is 1. The van der Waals surface area contributed by atoms with Crippen LogP contribution in [0.4, 0.5) is 5.69 Å². The van der Waals surface area contributed by atoms with Crippen LogP contribution in [-0.4, -0.2) is 35.9 Å². The zero-order valence-electron chi connectivity index (χ0n) is 11.6. The Labute approximate surface area is 119 Å². The van der Waals surface area contributed by atoms with E-state index in [4.69, 9.17) is 0 Å². The standard InChI is InChI=1S/C16H19N3O/c1-19(12-9-14-7-10-17-11-8-14)13-16(20)18-15-5-3-2-4-6-15/h2-8,10-11H,9,12-13H2,1H3,(H,18,20). The van der Waals surface area contributed by atoms with E-state index in [9.17, 15) is 4.79 Å². The van der Waals surface area contributed by atoms with Crippen molar-refractivity contribution in [3.8, 4) is 0 Å². The molecule has 0 atom stereocenters. The molecule has 0 bridgehead atoms. The van der Waals surface area contributed by atoms with Gasteiger partial charge in [0, 0.05) is 24.6 Å². The Balaban J connectivity index is 1.74. The second kappa shape index (κ2) is 7.40. The monoisotopic (exact) mass is 269 g/mol. The third kappa shape index (κ3) is 4.82. The molecule has 0 radical (unpaired) electrons. The summed E-state index contributed by atoms with van der Waals surface area (Å²) in [5.74, 6) is 0.00780. The Kier molecular flexibility index (Phi) is 5.26. The average Bonchev–Trinajstić information content (AvgIpc) is 2.47. The highest BCUT2D eigenvalue weighted by Gasteiger charge is 2.06. The van der Waals surface area contributed by atoms with Gasteiger partial charge in [0.1, 0.15) is 0 Å². The molecule has 1 heterocycles. The van der Waals surface area contributed by atoms with Crippen LogP contribution < -0.4 is 5.32 Å². The number of anilines is 1. The van der Waals surface area contributed by atoms with Crippen molar-refractivity contribution in [1.29, 1.82) is 0 Å². The minimum Gasteiger partial charge on any atom is -0.325 e. The van der Waals surface area contributed by atoms with E-state index in [0.717, 1.165) is 18.7 Å². The molecule has 0 spiro atoms. The SMILES string of the molecule is CN(CCc1ccncc1)CC(=O)Nc1ccccc1. The molecule has 104 valence electrons. The van der Waals surface area contributed by atoms with Gasteiger partial charge in [-0.15, -0.1) is 0 Å². The molecule has 0 aliphatic rings. The second-order valence-electron chi connectivity index (χ2n) is 4.76. The second-order valence-corrected chi connectivity index (χ2v) is 4.76. The largest absolute Gasteiger partial charge is 0.325 e. The molecule has 1 aromatic carbocycles. The van der Waals surface area contributed by atoms with Crippen molar-refractivity contribution >= 4 is 11.6 Å². The summed E-state index contributed by atoms with van der Waals surface area (Å²) in [4.78, 5) is 17.9. The van der Waals surface area contributed by atoms with Gasteiger partial charge in [-0.3, -0.25) is 14.7 Å². The fraction of sp³-hybridized carbons (Fsp3) is 0.250. The van der Waals surface area contributed by atoms with Gasteiger partial charge < -0.3 is 5.32 Å². The maximum atomic E-state index is 11.9. The van der Waals surface area contributed by atoms with Crippen LogP contribution in [0.1, 0.15) is 5.56 Å². The molecule has 0 saturated carbocycles. The summed E-state index contributed by atoms with van der Waals surface area (Å²) in [6.45, 7) is 1.23. The molecule has 0 fully saturated rings. The molecule has 20 heavy (non-hydrogen) atoms. The summed E-state index contributed by atoms with van der Waals surface area (Å²) in [7, 11) is 1.95. The number of pyridine rings is 1. The van der Waals surface area contributed by atoms with E-state index in [1.807, 2.05) is 54.4 Å². The molecular formula is C16H19N3O. The fourth-order valence-corrected chi connectivity index (χ4v) is 1.92. The van der Waals surface area contributed by atoms with Crippen molar-refractivity contribution in [2.75, 3.05) is 25.5 Å². The van der Waals surface area contributed by atoms with Gasteiger partial charge in [-0.1, -0.05) is 18.2 Å². The first-order valence-corrected chi connectivity index (χ1v) is 6.66. The lowest BCUT2D eigenvalue weighted by Gasteiger charge is -2.16. The number of carbonyl (C=O) groups excluding carboxylic acids is 1. The minimum atomic E-state index is 0.00780. The summed E-state index contributed by atoms with van der Waals surface area (Å²) >= 11 is 0. The number of carbonyl (C=O) groups is 1. The van der Waals surface area contributed by atoms with Crippen molar-refractivity contribution in [3.63, 3.8) is 0 Å². The number of benzene rings is 1. The van der Waals surface area contributed by atoms with E-state index in [-0.39, 0.29) is 5.91 Å². The molecule has 0 unspecified atom stereocenters. The Morgan fingerprint density at radius 1 is 1.15 bits per heavy atom. The van der Waals surface area contributed by atoms with Crippen LogP contribution in [-0.2, 0) is 11.2 Å². The minimum absolute atomic E-state index is 0.00780. The number of nitrogens with zero attached hydrogens (tertiary/aromatic N) is 2. The molecular weight excluding hydrogens is 250 g/mol. The average molecular weight is 269 g/mol. The van der Waals surface area contributed by atoms with E-state index in [0.29, 0.717) is 6.54 Å². The number of aromatic nitrogens is 1. The maximum Gasteiger partial charge on any atom is 0.238 e. The molecule has 2 rings (SSSR count). The van der Waals surface area contributed by atoms with Crippen molar-refractivity contribution in [3.05, 3.63) is 60.4 Å². The van der Waals surface area contributed by atoms with Gasteiger partial charge in [0.2, 0.25) is 5.91 Å². The normalized spacial score (nSPS) is 10.5. The van der Waals surface area contributed by atoms with Gasteiger partial charge in [-0.25, -0.2) is 0 Å². The number of nitrogens with one attached hydrogen (secondary N) is 1. The Morgan fingerprint density at radius 3 is 2.55 bits per heavy atom. The Morgan fingerprint density at radius 2 is 1.85 bits per heavy atom. The maximum absolute atomic E-state index is 11.9. The molecule has 1 aromatic heterocycles. The van der Waals surface area contributed by atoms with Crippen LogP contribution >= 0.6 is 0 Å². The third-order valence-corrected chi connectivity index (χ3v) is 3.00. The fourth-order valence-electron chi connectivity index (χ4n) is 1.92. The topological polar surface area (TPSA) is 45.2 Å². The molecule has 0 saturated heterocycles. The predicted molar refractivity (Wildman–Crippen MR) is 80.5 cm³/mol. The zero-order valence-corrected chi connectivity index (χ0v) is 11.6. The Bertz CT molecular complexity index is 528. The quantitative estimate of drug-likeness (QED) is 0.874. The van der Waals surface area contributed by atoms with E-state index >= 15 is 0 Å². The molecule has 2 aromatic rings. The first-order valence-electron chi connectivity index (χ1n) is 6.66. The highest BCUT2D eigenvalue weighted by molar-refractivity contribution is 5.92. The zero-order chi connectivity index (χ0) is 14.2. The molecule has 1 N–H and O–H groups in total. The Hall–Kier alpha value is -2.20. The van der Waals surface area contributed by atoms with E-state index in [2.05, 4.69) is 10.3 Å². The summed E-state index contributed by atoms with van der Waals surface area (Å²) in [6, 6.07) is 13.5. The number of hydrogen-bond donors (Lipinski definition) is 1. The summed E-state index contributed by atoms with van der Waals surface area (Å²) in [6.07, 6.45) is 4.49. The van der Waals surface area contributed by atoms with Crippen molar-refractivity contribution < 1.29 is 4.79 Å². The van der Waals surface area contributed by atoms with Crippen LogP contribution in [0.15, 0.2) is 54.9 Å². The van der Waals surface area contributed by atoms with E-state index < -0.39 is 0 Å². The number of rotatable bonds is 6. The first kappa shape index (κ1) is 14.2. The van der Waals surface area contributed by atoms with E-state index in [1.54, 1.807) is 12.4 Å². The lowest BCUT2D eigenvalue weighted by molar-refractivity contribution is -0.117. The van der Waals surface area contributed by atoms with Gasteiger partial charge in [0.05, 0.1) is 6.54 Å². The lowest BCUT2D eigenvalue weighted by Crippen LogP contribution is -2.31. The van der Waals surface area contributed by atoms with Crippen LogP contribution in [0, 0.1) is 0 Å². The van der Waals surface area contributed by atoms with Gasteiger partial charge >= 0.3 is 0 Å². The van der Waals surface area contributed by atoms with Gasteiger partial charge in [0.25, 0.3) is 0 Å². The highest BCUT2D eigenvalue weighted by atomic mass is 16.2. The van der Waals surface area contributed by atoms with Gasteiger partial charge in [0.15, 0.2) is 0 Å². The van der Waals surface area contributed by atoms with Crippen LogP contribution in [0.3, 0.4) is 0 Å². The summed E-state index contributed by atoms with van der Waals surface area (Å²) in [5, 5.41) is 2.88. The van der Waals surface area contributed by atoms with Crippen LogP contribution in [0.5, 0.6) is 0 Å². The first-order chi connectivity index (χ1) is 9.74. The smallest absolute Gasteiger partial charge is 0.238 e. The molecule has 4 nitrogen and oxygen atoms in total. The number of amides is 1. The lowest BCUT2D eigenvalue weighted by atomic mass is 10.2. The summed E-state index contributed by atoms with van der Waals surface area (Å²) in [5.41, 5.74) is 2.07. The van der Waals surface area contributed by atoms with Crippen molar-refractivity contribution in [1.82, 2.24) is 9.88 Å². The van der Waals surface area contributed by atoms with Crippen LogP contribution in [0.25, 0.3) is 0 Å². The molecule has 4 heteroatoms. The molecule has 1 amide bonds. The van der Waals surface area contributed by atoms with Gasteiger partial charge in [-0.05, 0) is 43.3 Å². The van der Waals surface area contributed by atoms with Gasteiger partial charge in [-0.2, -0.15) is 0 Å². The van der Waals surface area contributed by atoms with Crippen molar-refractivity contribution in [2.45, 2.75) is 6.42 Å². The summed E-state index contributed by atoms with van der Waals surface area (Å²) < 4.78 is 0. The van der Waals surface area contributed by atoms with Crippen LogP contribution in [0.2, 0.25) is 0 Å². The molecule has 0 aliphatic heterocycles. The predicted octanol–water partition coefficient (Wildman–Crippen LogP) is 2.19. The van der Waals surface area contributed by atoms with Crippen molar-refractivity contribution in [2.24, 2.45) is 0 Å². The molecule has 0 aliphatic carbocycles. The number of hydrogen-bond acceptors (Lipinski definition) is 3. The highest BCUT2D eigenvalue weighted by Crippen LogP contribution is 2.05. The third-order valence-electron chi connectivity index (χ3n) is 3.00. The van der Waals surface area contributed by atoms with E-state index in [1.165, 1.54) is 5.56 Å².